The largest absolute Gasteiger partial charge is 0.353 e. The standard InChI is InChI=1S/C20H27N3O3S/c1-15-4-2-3-5-19(15)22-20(24)17-10-12-23(13-11-17)27(25,26)18-8-6-16(14-21)7-9-18/h6-9,15,17,19H,2-5,10-13H2,1H3,(H,22,24)/t15-,19+/m0/s1. The molecule has 0 aromatic heterocycles. The number of nitriles is 1. The third kappa shape index (κ3) is 4.50. The van der Waals surface area contributed by atoms with Crippen molar-refractivity contribution in [2.45, 2.75) is 56.4 Å². The number of nitrogens with one attached hydrogen (secondary N) is 1. The van der Waals surface area contributed by atoms with Crippen LogP contribution in [0.25, 0.3) is 0 Å². The first-order valence-corrected chi connectivity index (χ1v) is 11.2. The van der Waals surface area contributed by atoms with Crippen molar-refractivity contribution in [3.63, 3.8) is 0 Å². The maximum Gasteiger partial charge on any atom is 0.243 e. The van der Waals surface area contributed by atoms with E-state index in [1.54, 1.807) is 0 Å². The van der Waals surface area contributed by atoms with E-state index in [0.717, 1.165) is 19.3 Å². The van der Waals surface area contributed by atoms with Crippen molar-refractivity contribution in [2.75, 3.05) is 13.1 Å². The van der Waals surface area contributed by atoms with E-state index in [-0.39, 0.29) is 22.8 Å². The van der Waals surface area contributed by atoms with E-state index < -0.39 is 10.0 Å². The van der Waals surface area contributed by atoms with E-state index in [1.807, 2.05) is 6.07 Å². The van der Waals surface area contributed by atoms with Crippen LogP contribution >= 0.6 is 0 Å². The third-order valence-electron chi connectivity index (χ3n) is 5.89. The summed E-state index contributed by atoms with van der Waals surface area (Å²) in [4.78, 5) is 12.8. The Morgan fingerprint density at radius 1 is 1.11 bits per heavy atom. The molecule has 0 spiro atoms. The Morgan fingerprint density at radius 3 is 2.33 bits per heavy atom. The topological polar surface area (TPSA) is 90.3 Å². The van der Waals surface area contributed by atoms with Crippen LogP contribution in [0.4, 0.5) is 0 Å². The fourth-order valence-corrected chi connectivity index (χ4v) is 5.51. The van der Waals surface area contributed by atoms with Gasteiger partial charge in [0.05, 0.1) is 16.5 Å². The van der Waals surface area contributed by atoms with Crippen LogP contribution in [0.15, 0.2) is 29.2 Å². The molecule has 1 aromatic carbocycles. The molecule has 1 amide bonds. The van der Waals surface area contributed by atoms with E-state index >= 15 is 0 Å². The summed E-state index contributed by atoms with van der Waals surface area (Å²) < 4.78 is 27.0. The number of rotatable bonds is 4. The van der Waals surface area contributed by atoms with E-state index in [2.05, 4.69) is 12.2 Å². The first-order chi connectivity index (χ1) is 12.9. The summed E-state index contributed by atoms with van der Waals surface area (Å²) >= 11 is 0. The van der Waals surface area contributed by atoms with Gasteiger partial charge in [-0.3, -0.25) is 4.79 Å². The minimum atomic E-state index is -3.58. The SMILES string of the molecule is C[C@H]1CCCC[C@H]1NC(=O)C1CCN(S(=O)(=O)c2ccc(C#N)cc2)CC1. The second-order valence-electron chi connectivity index (χ2n) is 7.69. The molecule has 1 N–H and O–H groups in total. The van der Waals surface area contributed by atoms with Gasteiger partial charge in [-0.2, -0.15) is 9.57 Å². The predicted octanol–water partition coefficient (Wildman–Crippen LogP) is 2.65. The van der Waals surface area contributed by atoms with E-state index in [4.69, 9.17) is 5.26 Å². The van der Waals surface area contributed by atoms with Crippen molar-refractivity contribution in [3.8, 4) is 6.07 Å². The number of hydrogen-bond donors (Lipinski definition) is 1. The molecule has 2 fully saturated rings. The minimum Gasteiger partial charge on any atom is -0.353 e. The molecule has 1 aliphatic heterocycles. The zero-order valence-electron chi connectivity index (χ0n) is 15.7. The van der Waals surface area contributed by atoms with E-state index in [1.165, 1.54) is 35.0 Å². The summed E-state index contributed by atoms with van der Waals surface area (Å²) in [7, 11) is -3.58. The second kappa shape index (κ2) is 8.41. The molecule has 0 bridgehead atoms. The lowest BCUT2D eigenvalue weighted by Crippen LogP contribution is -2.47. The van der Waals surface area contributed by atoms with Crippen molar-refractivity contribution < 1.29 is 13.2 Å². The van der Waals surface area contributed by atoms with Crippen LogP contribution in [0, 0.1) is 23.2 Å². The van der Waals surface area contributed by atoms with Gasteiger partial charge in [0, 0.05) is 25.0 Å². The Bertz CT molecular complexity index is 806. The highest BCUT2D eigenvalue weighted by molar-refractivity contribution is 7.89. The number of carbonyl (C=O) groups is 1. The molecule has 2 aliphatic rings. The molecule has 7 heteroatoms. The van der Waals surface area contributed by atoms with Gasteiger partial charge in [0.15, 0.2) is 0 Å². The van der Waals surface area contributed by atoms with Gasteiger partial charge >= 0.3 is 0 Å². The molecule has 6 nitrogen and oxygen atoms in total. The Kier molecular flexibility index (Phi) is 6.18. The van der Waals surface area contributed by atoms with Crippen LogP contribution < -0.4 is 5.32 Å². The highest BCUT2D eigenvalue weighted by atomic mass is 32.2. The highest BCUT2D eigenvalue weighted by Crippen LogP contribution is 2.27. The average Bonchev–Trinajstić information content (AvgIpc) is 2.70. The monoisotopic (exact) mass is 389 g/mol. The van der Waals surface area contributed by atoms with Gasteiger partial charge in [-0.25, -0.2) is 8.42 Å². The van der Waals surface area contributed by atoms with Crippen molar-refractivity contribution in [3.05, 3.63) is 29.8 Å². The molecule has 1 saturated carbocycles. The normalized spacial score (nSPS) is 24.9. The molecular weight excluding hydrogens is 362 g/mol. The molecule has 2 atom stereocenters. The molecule has 1 heterocycles. The van der Waals surface area contributed by atoms with Gasteiger partial charge in [-0.15, -0.1) is 0 Å². The number of nitrogens with zero attached hydrogens (tertiary/aromatic N) is 2. The Hall–Kier alpha value is -1.91. The molecule has 0 unspecified atom stereocenters. The molecule has 3 rings (SSSR count). The smallest absolute Gasteiger partial charge is 0.243 e. The zero-order chi connectivity index (χ0) is 19.4. The Labute approximate surface area is 161 Å². The molecular formula is C20H27N3O3S. The number of amides is 1. The Balaban J connectivity index is 1.57. The summed E-state index contributed by atoms with van der Waals surface area (Å²) in [5.41, 5.74) is 0.432. The van der Waals surface area contributed by atoms with Crippen molar-refractivity contribution >= 4 is 15.9 Å². The summed E-state index contributed by atoms with van der Waals surface area (Å²) in [5, 5.41) is 12.0. The van der Waals surface area contributed by atoms with Crippen molar-refractivity contribution in [1.82, 2.24) is 9.62 Å². The third-order valence-corrected chi connectivity index (χ3v) is 7.80. The molecule has 0 radical (unpaired) electrons. The average molecular weight is 390 g/mol. The maximum absolute atomic E-state index is 12.8. The molecule has 146 valence electrons. The summed E-state index contributed by atoms with van der Waals surface area (Å²) in [6.45, 7) is 2.89. The maximum atomic E-state index is 12.8. The number of carbonyl (C=O) groups excluding carboxylic acids is 1. The lowest BCUT2D eigenvalue weighted by atomic mass is 9.85. The van der Waals surface area contributed by atoms with Crippen LogP contribution in [-0.2, 0) is 14.8 Å². The molecule has 1 aliphatic carbocycles. The van der Waals surface area contributed by atoms with Gasteiger partial charge in [0.1, 0.15) is 0 Å². The van der Waals surface area contributed by atoms with Gasteiger partial charge in [0.2, 0.25) is 15.9 Å². The number of hydrogen-bond acceptors (Lipinski definition) is 4. The van der Waals surface area contributed by atoms with Crippen LogP contribution in [0.3, 0.4) is 0 Å². The van der Waals surface area contributed by atoms with Crippen molar-refractivity contribution in [1.29, 1.82) is 5.26 Å². The van der Waals surface area contributed by atoms with E-state index in [9.17, 15) is 13.2 Å². The lowest BCUT2D eigenvalue weighted by Gasteiger charge is -2.34. The first kappa shape index (κ1) is 19.8. The van der Waals surface area contributed by atoms with Gasteiger partial charge in [-0.05, 0) is 55.9 Å². The zero-order valence-corrected chi connectivity index (χ0v) is 16.5. The molecule has 27 heavy (non-hydrogen) atoms. The van der Waals surface area contributed by atoms with Gasteiger partial charge in [0.25, 0.3) is 0 Å². The second-order valence-corrected chi connectivity index (χ2v) is 9.63. The van der Waals surface area contributed by atoms with Crippen LogP contribution in [0.5, 0.6) is 0 Å². The number of benzene rings is 1. The summed E-state index contributed by atoms with van der Waals surface area (Å²) in [5.74, 6) is 0.468. The van der Waals surface area contributed by atoms with Gasteiger partial charge < -0.3 is 5.32 Å². The van der Waals surface area contributed by atoms with E-state index in [0.29, 0.717) is 37.4 Å². The van der Waals surface area contributed by atoms with Crippen molar-refractivity contribution in [2.24, 2.45) is 11.8 Å². The lowest BCUT2D eigenvalue weighted by molar-refractivity contribution is -0.127. The fraction of sp³-hybridized carbons (Fsp3) is 0.600. The van der Waals surface area contributed by atoms with Gasteiger partial charge in [-0.1, -0.05) is 19.8 Å². The fourth-order valence-electron chi connectivity index (χ4n) is 4.04. The van der Waals surface area contributed by atoms with Crippen LogP contribution in [0.2, 0.25) is 0 Å². The number of piperidine rings is 1. The summed E-state index contributed by atoms with van der Waals surface area (Å²) in [6.07, 6.45) is 5.69. The predicted molar refractivity (Wildman–Crippen MR) is 102 cm³/mol. The highest BCUT2D eigenvalue weighted by Gasteiger charge is 2.33. The van der Waals surface area contributed by atoms with Crippen LogP contribution in [0.1, 0.15) is 51.0 Å². The molecule has 1 aromatic rings. The minimum absolute atomic E-state index is 0.0733. The first-order valence-electron chi connectivity index (χ1n) is 9.72. The quantitative estimate of drug-likeness (QED) is 0.857. The Morgan fingerprint density at radius 2 is 1.74 bits per heavy atom. The summed E-state index contributed by atoms with van der Waals surface area (Å²) in [6, 6.07) is 8.21. The van der Waals surface area contributed by atoms with Crippen LogP contribution in [-0.4, -0.2) is 37.8 Å². The number of sulfonamides is 1. The molecule has 1 saturated heterocycles.